The summed E-state index contributed by atoms with van der Waals surface area (Å²) in [4.78, 5) is 9.74. The van der Waals surface area contributed by atoms with Gasteiger partial charge in [0, 0.05) is 58.8 Å². The first-order chi connectivity index (χ1) is 13.8. The predicted molar refractivity (Wildman–Crippen MR) is 111 cm³/mol. The van der Waals surface area contributed by atoms with Gasteiger partial charge in [-0.25, -0.2) is 0 Å². The molecule has 0 radical (unpaired) electrons. The van der Waals surface area contributed by atoms with Gasteiger partial charge < -0.3 is 9.47 Å². The molecule has 0 spiro atoms. The lowest BCUT2D eigenvalue weighted by Gasteiger charge is -2.41. The van der Waals surface area contributed by atoms with Crippen molar-refractivity contribution in [3.63, 3.8) is 0 Å². The van der Waals surface area contributed by atoms with E-state index >= 15 is 0 Å². The highest BCUT2D eigenvalue weighted by molar-refractivity contribution is 7.12. The van der Waals surface area contributed by atoms with Gasteiger partial charge in [-0.2, -0.15) is 0 Å². The maximum absolute atomic E-state index is 5.69. The zero-order valence-electron chi connectivity index (χ0n) is 16.3. The number of ether oxygens (including phenoxy) is 2. The third-order valence-electron chi connectivity index (χ3n) is 5.99. The van der Waals surface area contributed by atoms with E-state index in [1.165, 1.54) is 27.1 Å². The molecule has 0 aliphatic carbocycles. The number of methoxy groups -OCH3 is 2. The molecule has 1 unspecified atom stereocenters. The first-order valence-corrected chi connectivity index (χ1v) is 10.6. The van der Waals surface area contributed by atoms with Crippen molar-refractivity contribution in [3.8, 4) is 11.5 Å². The standard InChI is InChI=1S/C23H24N2O2S/c1-26-21-3-4-22(27-2)19-14-25-10-7-23-18(20(25)13-17(19)21)12-16(28-23)11-15-5-8-24-9-6-15/h3-6,8-9,12,20H,7,10-11,13-14H2,1-2H3. The minimum Gasteiger partial charge on any atom is -0.496 e. The van der Waals surface area contributed by atoms with E-state index in [4.69, 9.17) is 9.47 Å². The van der Waals surface area contributed by atoms with Gasteiger partial charge in [-0.1, -0.05) is 0 Å². The third kappa shape index (κ3) is 2.99. The van der Waals surface area contributed by atoms with Gasteiger partial charge in [0.2, 0.25) is 0 Å². The number of hydrogen-bond acceptors (Lipinski definition) is 5. The average Bonchev–Trinajstić information content (AvgIpc) is 3.15. The van der Waals surface area contributed by atoms with Crippen LogP contribution in [-0.4, -0.2) is 30.6 Å². The van der Waals surface area contributed by atoms with Crippen molar-refractivity contribution in [2.45, 2.75) is 31.8 Å². The Morgan fingerprint density at radius 1 is 1.07 bits per heavy atom. The lowest BCUT2D eigenvalue weighted by atomic mass is 9.86. The highest BCUT2D eigenvalue weighted by Gasteiger charge is 2.35. The number of thiophene rings is 1. The molecule has 0 N–H and O–H groups in total. The van der Waals surface area contributed by atoms with Gasteiger partial charge in [0.25, 0.3) is 0 Å². The van der Waals surface area contributed by atoms with Gasteiger partial charge >= 0.3 is 0 Å². The Morgan fingerprint density at radius 2 is 1.82 bits per heavy atom. The van der Waals surface area contributed by atoms with E-state index in [0.717, 1.165) is 43.9 Å². The largest absolute Gasteiger partial charge is 0.496 e. The Morgan fingerprint density at radius 3 is 2.57 bits per heavy atom. The molecular formula is C23H24N2O2S. The van der Waals surface area contributed by atoms with Crippen LogP contribution in [0.25, 0.3) is 0 Å². The second kappa shape index (κ2) is 7.22. The molecule has 2 aromatic heterocycles. The predicted octanol–water partition coefficient (Wildman–Crippen LogP) is 4.41. The van der Waals surface area contributed by atoms with Crippen molar-refractivity contribution in [2.75, 3.05) is 20.8 Å². The number of rotatable bonds is 4. The fraction of sp³-hybridized carbons (Fsp3) is 0.348. The van der Waals surface area contributed by atoms with Crippen molar-refractivity contribution in [1.82, 2.24) is 9.88 Å². The van der Waals surface area contributed by atoms with E-state index < -0.39 is 0 Å². The summed E-state index contributed by atoms with van der Waals surface area (Å²) in [5.74, 6) is 1.96. The molecule has 144 valence electrons. The molecule has 1 atom stereocenters. The maximum atomic E-state index is 5.69. The van der Waals surface area contributed by atoms with Gasteiger partial charge in [-0.3, -0.25) is 9.88 Å². The van der Waals surface area contributed by atoms with Crippen LogP contribution >= 0.6 is 11.3 Å². The quantitative estimate of drug-likeness (QED) is 0.659. The van der Waals surface area contributed by atoms with Crippen LogP contribution in [0.4, 0.5) is 0 Å². The van der Waals surface area contributed by atoms with Crippen molar-refractivity contribution in [3.05, 3.63) is 74.7 Å². The topological polar surface area (TPSA) is 34.6 Å². The summed E-state index contributed by atoms with van der Waals surface area (Å²) in [6, 6.07) is 11.2. The highest BCUT2D eigenvalue weighted by atomic mass is 32.1. The van der Waals surface area contributed by atoms with Crippen LogP contribution in [0.2, 0.25) is 0 Å². The number of pyridine rings is 1. The molecule has 0 saturated heterocycles. The van der Waals surface area contributed by atoms with E-state index in [1.54, 1.807) is 19.1 Å². The van der Waals surface area contributed by atoms with Crippen LogP contribution in [0.5, 0.6) is 11.5 Å². The van der Waals surface area contributed by atoms with Crippen molar-refractivity contribution in [1.29, 1.82) is 0 Å². The number of nitrogens with zero attached hydrogens (tertiary/aromatic N) is 2. The molecule has 5 heteroatoms. The van der Waals surface area contributed by atoms with E-state index in [2.05, 4.69) is 28.1 Å². The Balaban J connectivity index is 1.49. The lowest BCUT2D eigenvalue weighted by molar-refractivity contribution is 0.158. The number of fused-ring (bicyclic) bond motifs is 4. The monoisotopic (exact) mass is 392 g/mol. The van der Waals surface area contributed by atoms with Gasteiger partial charge in [0.1, 0.15) is 11.5 Å². The van der Waals surface area contributed by atoms with E-state index in [-0.39, 0.29) is 0 Å². The first-order valence-electron chi connectivity index (χ1n) is 9.74. The molecule has 2 aliphatic heterocycles. The fourth-order valence-corrected chi connectivity index (χ4v) is 5.87. The van der Waals surface area contributed by atoms with Crippen LogP contribution in [0, 0.1) is 0 Å². The molecule has 28 heavy (non-hydrogen) atoms. The summed E-state index contributed by atoms with van der Waals surface area (Å²) in [7, 11) is 3.52. The minimum absolute atomic E-state index is 0.430. The molecule has 0 amide bonds. The Bertz CT molecular complexity index is 999. The molecule has 0 bridgehead atoms. The minimum atomic E-state index is 0.430. The summed E-state index contributed by atoms with van der Waals surface area (Å²) in [6.07, 6.45) is 6.86. The maximum Gasteiger partial charge on any atom is 0.123 e. The van der Waals surface area contributed by atoms with Gasteiger partial charge in [-0.15, -0.1) is 11.3 Å². The second-order valence-electron chi connectivity index (χ2n) is 7.49. The Labute approximate surface area is 169 Å². The molecule has 2 aliphatic rings. The van der Waals surface area contributed by atoms with Crippen LogP contribution in [0.3, 0.4) is 0 Å². The summed E-state index contributed by atoms with van der Waals surface area (Å²) < 4.78 is 11.3. The summed E-state index contributed by atoms with van der Waals surface area (Å²) in [5.41, 5.74) is 5.42. The molecule has 4 nitrogen and oxygen atoms in total. The van der Waals surface area contributed by atoms with Gasteiger partial charge in [0.05, 0.1) is 14.2 Å². The first kappa shape index (κ1) is 17.7. The molecule has 1 aromatic carbocycles. The van der Waals surface area contributed by atoms with Gasteiger partial charge in [-0.05, 0) is 54.3 Å². The van der Waals surface area contributed by atoms with Crippen molar-refractivity contribution in [2.24, 2.45) is 0 Å². The molecular weight excluding hydrogens is 368 g/mol. The van der Waals surface area contributed by atoms with Crippen molar-refractivity contribution >= 4 is 11.3 Å². The summed E-state index contributed by atoms with van der Waals surface area (Å²) in [6.45, 7) is 2.03. The normalized spacial score (nSPS) is 18.1. The van der Waals surface area contributed by atoms with Crippen molar-refractivity contribution < 1.29 is 9.47 Å². The highest BCUT2D eigenvalue weighted by Crippen LogP contribution is 2.45. The number of hydrogen-bond donors (Lipinski definition) is 0. The second-order valence-corrected chi connectivity index (χ2v) is 8.71. The van der Waals surface area contributed by atoms with Crippen LogP contribution in [-0.2, 0) is 25.8 Å². The third-order valence-corrected chi connectivity index (χ3v) is 7.20. The Kier molecular flexibility index (Phi) is 4.57. The van der Waals surface area contributed by atoms with Crippen LogP contribution in [0.1, 0.15) is 38.0 Å². The molecule has 0 saturated carbocycles. The summed E-state index contributed by atoms with van der Waals surface area (Å²) >= 11 is 1.98. The van der Waals surface area contributed by atoms with E-state index in [0.29, 0.717) is 6.04 Å². The van der Waals surface area contributed by atoms with E-state index in [9.17, 15) is 0 Å². The van der Waals surface area contributed by atoms with E-state index in [1.807, 2.05) is 35.9 Å². The molecule has 5 rings (SSSR count). The smallest absolute Gasteiger partial charge is 0.123 e. The SMILES string of the molecule is COc1ccc(OC)c2c1CC1c3cc(Cc4ccncc4)sc3CCN1C2. The number of benzene rings is 1. The molecule has 0 fully saturated rings. The summed E-state index contributed by atoms with van der Waals surface area (Å²) in [5, 5.41) is 0. The zero-order chi connectivity index (χ0) is 19.1. The van der Waals surface area contributed by atoms with Crippen LogP contribution < -0.4 is 9.47 Å². The zero-order valence-corrected chi connectivity index (χ0v) is 17.1. The Hall–Kier alpha value is -2.37. The molecule has 3 aromatic rings. The molecule has 4 heterocycles. The lowest BCUT2D eigenvalue weighted by Crippen LogP contribution is -2.39. The van der Waals surface area contributed by atoms with Gasteiger partial charge in [0.15, 0.2) is 0 Å². The average molecular weight is 393 g/mol. The number of aromatic nitrogens is 1. The van der Waals surface area contributed by atoms with Crippen LogP contribution in [0.15, 0.2) is 42.7 Å². The fourth-order valence-electron chi connectivity index (χ4n) is 4.62.